The summed E-state index contributed by atoms with van der Waals surface area (Å²) in [6.45, 7) is 8.10. The van der Waals surface area contributed by atoms with Crippen molar-refractivity contribution in [3.05, 3.63) is 29.2 Å². The van der Waals surface area contributed by atoms with Gasteiger partial charge in [0.2, 0.25) is 0 Å². The van der Waals surface area contributed by atoms with E-state index in [4.69, 9.17) is 9.31 Å². The van der Waals surface area contributed by atoms with Crippen LogP contribution < -0.4 is 10.1 Å². The molecule has 2 N–H and O–H groups in total. The van der Waals surface area contributed by atoms with Gasteiger partial charge in [-0.25, -0.2) is 0 Å². The molecule has 144 valence electrons. The Kier molecular flexibility index (Phi) is 5.65. The number of aromatic hydroxyl groups is 1. The molecule has 1 aromatic carbocycles. The first kappa shape index (κ1) is 20.6. The summed E-state index contributed by atoms with van der Waals surface area (Å²) < 4.78 is 52.6. The lowest BCUT2D eigenvalue weighted by Gasteiger charge is -2.32. The Morgan fingerprint density at radius 1 is 1.23 bits per heavy atom. The van der Waals surface area contributed by atoms with Crippen LogP contribution in [0.4, 0.5) is 13.2 Å². The Bertz CT molecular complexity index is 673. The zero-order valence-electron chi connectivity index (χ0n) is 15.4. The minimum absolute atomic E-state index is 0.333. The highest BCUT2D eigenvalue weighted by molar-refractivity contribution is 6.56. The average Bonchev–Trinajstić information content (AvgIpc) is 2.67. The van der Waals surface area contributed by atoms with E-state index in [0.29, 0.717) is 17.6 Å². The third-order valence-electron chi connectivity index (χ3n) is 4.51. The third-order valence-corrected chi connectivity index (χ3v) is 4.51. The Hall–Kier alpha value is -1.71. The lowest BCUT2D eigenvalue weighted by atomic mass is 9.77. The molecule has 1 fully saturated rings. The van der Waals surface area contributed by atoms with Gasteiger partial charge < -0.3 is 24.5 Å². The summed E-state index contributed by atoms with van der Waals surface area (Å²) >= 11 is 0. The number of hydrogen-bond acceptors (Lipinski definition) is 5. The average molecular weight is 373 g/mol. The van der Waals surface area contributed by atoms with E-state index in [0.717, 1.165) is 12.1 Å². The first-order valence-corrected chi connectivity index (χ1v) is 8.14. The van der Waals surface area contributed by atoms with Gasteiger partial charge in [-0.05, 0) is 52.3 Å². The highest BCUT2D eigenvalue weighted by Crippen LogP contribution is 2.39. The molecule has 26 heavy (non-hydrogen) atoms. The fourth-order valence-electron chi connectivity index (χ4n) is 2.44. The second-order valence-corrected chi connectivity index (χ2v) is 7.11. The van der Waals surface area contributed by atoms with Crippen LogP contribution in [0.5, 0.6) is 11.5 Å². The van der Waals surface area contributed by atoms with Crippen LogP contribution in [-0.4, -0.2) is 43.4 Å². The zero-order valence-corrected chi connectivity index (χ0v) is 15.4. The van der Waals surface area contributed by atoms with Crippen molar-refractivity contribution in [1.82, 2.24) is 5.32 Å². The molecular weight excluding hydrogens is 350 g/mol. The molecule has 0 radical (unpaired) electrons. The van der Waals surface area contributed by atoms with Gasteiger partial charge in [0.05, 0.1) is 11.2 Å². The summed E-state index contributed by atoms with van der Waals surface area (Å²) in [7, 11) is 1.11. The van der Waals surface area contributed by atoms with E-state index in [1.165, 1.54) is 6.07 Å². The fourth-order valence-corrected chi connectivity index (χ4v) is 2.44. The molecule has 0 bridgehead atoms. The number of phenolic OH excluding ortho intramolecular Hbond substituents is 1. The number of likely N-dealkylation sites (N-methyl/N-ethyl adjacent to an activating group) is 1. The normalized spacial score (nSPS) is 19.7. The highest BCUT2D eigenvalue weighted by atomic mass is 19.4. The number of phenols is 1. The number of halogens is 3. The van der Waals surface area contributed by atoms with Gasteiger partial charge in [-0.15, -0.1) is 13.2 Å². The molecule has 0 atom stereocenters. The largest absolute Gasteiger partial charge is 0.573 e. The molecule has 0 aliphatic carbocycles. The van der Waals surface area contributed by atoms with Gasteiger partial charge in [0.15, 0.2) is 0 Å². The van der Waals surface area contributed by atoms with Crippen molar-refractivity contribution in [3.8, 4) is 11.5 Å². The molecule has 1 aliphatic rings. The van der Waals surface area contributed by atoms with Gasteiger partial charge >= 0.3 is 13.5 Å². The minimum atomic E-state index is -4.82. The number of hydrogen-bond donors (Lipinski definition) is 2. The molecule has 9 heteroatoms. The second-order valence-electron chi connectivity index (χ2n) is 7.11. The topological polar surface area (TPSA) is 60.0 Å². The van der Waals surface area contributed by atoms with E-state index in [2.05, 4.69) is 10.1 Å². The van der Waals surface area contributed by atoms with Crippen molar-refractivity contribution >= 4 is 13.2 Å². The van der Waals surface area contributed by atoms with E-state index in [1.54, 1.807) is 13.1 Å². The maximum atomic E-state index is 12.3. The Labute approximate surface area is 151 Å². The van der Waals surface area contributed by atoms with E-state index in [1.807, 2.05) is 27.7 Å². The molecule has 5 nitrogen and oxygen atoms in total. The van der Waals surface area contributed by atoms with Crippen LogP contribution in [0.25, 0.3) is 6.08 Å². The fraction of sp³-hybridized carbons (Fsp3) is 0.529. The van der Waals surface area contributed by atoms with Gasteiger partial charge in [-0.1, -0.05) is 6.08 Å². The van der Waals surface area contributed by atoms with Gasteiger partial charge in [0.25, 0.3) is 0 Å². The van der Waals surface area contributed by atoms with Crippen molar-refractivity contribution in [1.29, 1.82) is 0 Å². The molecule has 1 aliphatic heterocycles. The van der Waals surface area contributed by atoms with Gasteiger partial charge in [-0.3, -0.25) is 0 Å². The monoisotopic (exact) mass is 373 g/mol. The standard InChI is InChI=1S/C17H23BF3NO4/c1-15(2)16(3,4)26-18(25-15)12(10-22-5)8-11-6-7-13(9-14(11)23)24-17(19,20)21/h6-9,22-23H,10H2,1-5H3. The SMILES string of the molecule is CNCC(=Cc1ccc(OC(F)(F)F)cc1O)B1OC(C)(C)C(C)(C)O1. The summed E-state index contributed by atoms with van der Waals surface area (Å²) in [4.78, 5) is 0. The van der Waals surface area contributed by atoms with Gasteiger partial charge in [0, 0.05) is 18.2 Å². The molecule has 0 aromatic heterocycles. The predicted octanol–water partition coefficient (Wildman–Crippen LogP) is 3.53. The molecule has 0 saturated carbocycles. The first-order valence-electron chi connectivity index (χ1n) is 8.14. The molecule has 0 amide bonds. The van der Waals surface area contributed by atoms with Crippen LogP contribution in [0.1, 0.15) is 33.3 Å². The maximum Gasteiger partial charge on any atom is 0.573 e. The zero-order chi connectivity index (χ0) is 19.8. The summed E-state index contributed by atoms with van der Waals surface area (Å²) in [5.74, 6) is -0.824. The second kappa shape index (κ2) is 7.13. The molecular formula is C17H23BF3NO4. The van der Waals surface area contributed by atoms with Gasteiger partial charge in [0.1, 0.15) is 11.5 Å². The summed E-state index contributed by atoms with van der Waals surface area (Å²) in [5.41, 5.74) is -0.0288. The minimum Gasteiger partial charge on any atom is -0.507 e. The number of rotatable bonds is 5. The highest BCUT2D eigenvalue weighted by Gasteiger charge is 2.52. The van der Waals surface area contributed by atoms with Crippen molar-refractivity contribution in [2.45, 2.75) is 45.3 Å². The maximum absolute atomic E-state index is 12.3. The predicted molar refractivity (Wildman–Crippen MR) is 92.8 cm³/mol. The summed E-state index contributed by atoms with van der Waals surface area (Å²) in [6, 6.07) is 3.40. The van der Waals surface area contributed by atoms with E-state index in [-0.39, 0.29) is 5.75 Å². The lowest BCUT2D eigenvalue weighted by molar-refractivity contribution is -0.274. The Morgan fingerprint density at radius 3 is 2.27 bits per heavy atom. The molecule has 1 saturated heterocycles. The van der Waals surface area contributed by atoms with Gasteiger partial charge in [-0.2, -0.15) is 0 Å². The quantitative estimate of drug-likeness (QED) is 0.774. The lowest BCUT2D eigenvalue weighted by Crippen LogP contribution is -2.41. The van der Waals surface area contributed by atoms with Crippen molar-refractivity contribution < 1.29 is 32.3 Å². The Morgan fingerprint density at radius 2 is 1.81 bits per heavy atom. The number of alkyl halides is 3. The van der Waals surface area contributed by atoms with Crippen LogP contribution >= 0.6 is 0 Å². The molecule has 1 aromatic rings. The van der Waals surface area contributed by atoms with Crippen LogP contribution in [0.15, 0.2) is 23.7 Å². The van der Waals surface area contributed by atoms with E-state index >= 15 is 0 Å². The summed E-state index contributed by atoms with van der Waals surface area (Å²) in [5, 5.41) is 13.1. The first-order chi connectivity index (χ1) is 11.8. The van der Waals surface area contributed by atoms with Crippen LogP contribution in [0, 0.1) is 0 Å². The molecule has 1 heterocycles. The number of benzene rings is 1. The third kappa shape index (κ3) is 4.72. The molecule has 0 unspecified atom stereocenters. The number of ether oxygens (including phenoxy) is 1. The van der Waals surface area contributed by atoms with Crippen molar-refractivity contribution in [3.63, 3.8) is 0 Å². The Balaban J connectivity index is 2.29. The molecule has 2 rings (SSSR count). The van der Waals surface area contributed by atoms with Crippen molar-refractivity contribution in [2.75, 3.05) is 13.6 Å². The van der Waals surface area contributed by atoms with E-state index in [9.17, 15) is 18.3 Å². The van der Waals surface area contributed by atoms with Crippen molar-refractivity contribution in [2.24, 2.45) is 0 Å². The van der Waals surface area contributed by atoms with Crippen LogP contribution in [-0.2, 0) is 9.31 Å². The van der Waals surface area contributed by atoms with E-state index < -0.39 is 30.4 Å². The van der Waals surface area contributed by atoms with Crippen LogP contribution in [0.3, 0.4) is 0 Å². The summed E-state index contributed by atoms with van der Waals surface area (Å²) in [6.07, 6.45) is -3.19. The number of nitrogens with one attached hydrogen (secondary N) is 1. The molecule has 0 spiro atoms. The smallest absolute Gasteiger partial charge is 0.507 e. The van der Waals surface area contributed by atoms with Crippen LogP contribution in [0.2, 0.25) is 0 Å².